The van der Waals surface area contributed by atoms with Crippen molar-refractivity contribution < 1.29 is 17.7 Å². The third kappa shape index (κ3) is 16.2. The fraction of sp³-hybridized carbons (Fsp3) is 0.345. The molecular formula is C110H120N4O4. The second-order valence-corrected chi connectivity index (χ2v) is 35.9. The number of fused-ring (bicyclic) bond motifs is 12. The van der Waals surface area contributed by atoms with Crippen LogP contribution in [0.1, 0.15) is 244 Å². The number of nitrogens with zero attached hydrogens (tertiary/aromatic N) is 4. The Morgan fingerprint density at radius 3 is 0.780 bits per heavy atom. The molecule has 4 aliphatic rings. The van der Waals surface area contributed by atoms with E-state index in [4.69, 9.17) is 17.7 Å². The first-order chi connectivity index (χ1) is 57.5. The number of furan rings is 4. The second kappa shape index (κ2) is 34.9. The average Bonchev–Trinajstić information content (AvgIpc) is 1.62. The molecule has 0 N–H and O–H groups in total. The van der Waals surface area contributed by atoms with Crippen molar-refractivity contribution in [2.24, 2.45) is 0 Å². The van der Waals surface area contributed by atoms with Gasteiger partial charge in [0.1, 0.15) is 22.3 Å². The Bertz CT molecular complexity index is 6120. The number of rotatable bonds is 14. The lowest BCUT2D eigenvalue weighted by Crippen LogP contribution is -2.13. The summed E-state index contributed by atoms with van der Waals surface area (Å²) < 4.78 is 26.5. The molecule has 0 bridgehead atoms. The molecule has 4 fully saturated rings. The van der Waals surface area contributed by atoms with E-state index in [9.17, 15) is 0 Å². The molecule has 0 spiro atoms. The summed E-state index contributed by atoms with van der Waals surface area (Å²) >= 11 is 0. The molecule has 0 atom stereocenters. The van der Waals surface area contributed by atoms with Gasteiger partial charge < -0.3 is 37.3 Å². The standard InChI is InChI=1S/C29H33NO.C28H31NO.C27H29NO.C26H27NO/c1-29(2,3)21-16-18-22(19-17-21)30(4)26-15-9-14-25-24-13-8-12-23(27(24)31-28(25)26)20-10-6-5-7-11-20;1-19(2)20-15-17-22(18-16-20)29(3)26-14-8-13-25-24-12-7-11-23(27(24)30-28(25)26)21-9-5-4-6-10-21;1-3-19-15-17-21(18-16-19)28(2)25-14-8-13-24-23-12-7-11-22(26(23)29-27(24)25)20-9-5-4-6-10-20;1-18-14-16-20(17-15-18)27(2)24-13-7-12-23-22-11-6-10-21(25(22)28-26(23)24)19-8-4-3-5-9-19/h8-9,12-20H,5-7,10-11H2,1-4H3;7-8,11-19,21H,4-6,9-10H2,1-3H3;7-8,11-18,20H,3-6,9-10H2,1-2H3;6-7,10-17,19H,3-5,8-9H2,1-2H3. The van der Waals surface area contributed by atoms with E-state index in [1.54, 1.807) is 0 Å². The third-order valence-corrected chi connectivity index (χ3v) is 27.0. The molecule has 0 unspecified atom stereocenters. The predicted molar refractivity (Wildman–Crippen MR) is 503 cm³/mol. The van der Waals surface area contributed by atoms with Crippen LogP contribution in [0, 0.1) is 6.92 Å². The lowest BCUT2D eigenvalue weighted by atomic mass is 9.83. The molecule has 604 valence electrons. The highest BCUT2D eigenvalue weighted by molar-refractivity contribution is 6.14. The van der Waals surface area contributed by atoms with E-state index in [2.05, 4.69) is 339 Å². The van der Waals surface area contributed by atoms with E-state index < -0.39 is 0 Å². The van der Waals surface area contributed by atoms with E-state index in [1.807, 2.05) is 0 Å². The summed E-state index contributed by atoms with van der Waals surface area (Å²) in [4.78, 5) is 8.96. The van der Waals surface area contributed by atoms with Crippen LogP contribution in [0.2, 0.25) is 0 Å². The first kappa shape index (κ1) is 79.5. The predicted octanol–water partition coefficient (Wildman–Crippen LogP) is 32.9. The van der Waals surface area contributed by atoms with Crippen molar-refractivity contribution >= 4 is 133 Å². The number of anilines is 8. The van der Waals surface area contributed by atoms with E-state index in [0.29, 0.717) is 29.6 Å². The molecule has 4 aromatic heterocycles. The molecule has 8 heteroatoms. The van der Waals surface area contributed by atoms with E-state index in [-0.39, 0.29) is 5.41 Å². The summed E-state index contributed by atoms with van der Waals surface area (Å²) in [7, 11) is 8.52. The van der Waals surface area contributed by atoms with Crippen LogP contribution < -0.4 is 19.6 Å². The van der Waals surface area contributed by atoms with Crippen molar-refractivity contribution in [1.29, 1.82) is 0 Å². The first-order valence-corrected chi connectivity index (χ1v) is 44.6. The fourth-order valence-electron chi connectivity index (χ4n) is 19.9. The quantitative estimate of drug-likeness (QED) is 0.107. The molecule has 16 aromatic rings. The van der Waals surface area contributed by atoms with Gasteiger partial charge >= 0.3 is 0 Å². The van der Waals surface area contributed by atoms with Crippen LogP contribution in [0.3, 0.4) is 0 Å². The second-order valence-electron chi connectivity index (χ2n) is 35.9. The maximum atomic E-state index is 6.65. The van der Waals surface area contributed by atoms with E-state index in [1.165, 1.54) is 239 Å². The van der Waals surface area contributed by atoms with Gasteiger partial charge in [-0.3, -0.25) is 0 Å². The van der Waals surface area contributed by atoms with E-state index in [0.717, 1.165) is 73.8 Å². The minimum absolute atomic E-state index is 0.158. The van der Waals surface area contributed by atoms with Crippen molar-refractivity contribution in [1.82, 2.24) is 0 Å². The Morgan fingerprint density at radius 2 is 0.525 bits per heavy atom. The minimum atomic E-state index is 0.158. The Kier molecular flexibility index (Phi) is 23.5. The molecule has 12 aromatic carbocycles. The van der Waals surface area contributed by atoms with Gasteiger partial charge in [0, 0.05) is 94.0 Å². The molecular weight excluding hydrogens is 1440 g/mol. The Morgan fingerprint density at radius 1 is 0.288 bits per heavy atom. The molecule has 4 saturated carbocycles. The molecule has 0 amide bonds. The van der Waals surface area contributed by atoms with Crippen LogP contribution >= 0.6 is 0 Å². The van der Waals surface area contributed by atoms with Crippen LogP contribution in [0.5, 0.6) is 0 Å². The Balaban J connectivity index is 0.000000113. The van der Waals surface area contributed by atoms with Gasteiger partial charge in [-0.2, -0.15) is 0 Å². The highest BCUT2D eigenvalue weighted by Gasteiger charge is 2.29. The van der Waals surface area contributed by atoms with Crippen molar-refractivity contribution in [2.45, 2.75) is 218 Å². The van der Waals surface area contributed by atoms with Gasteiger partial charge in [0.15, 0.2) is 22.3 Å². The third-order valence-electron chi connectivity index (χ3n) is 27.0. The van der Waals surface area contributed by atoms with Gasteiger partial charge in [-0.15, -0.1) is 0 Å². The molecule has 0 aliphatic heterocycles. The van der Waals surface area contributed by atoms with Gasteiger partial charge in [-0.25, -0.2) is 0 Å². The highest BCUT2D eigenvalue weighted by atomic mass is 16.3. The molecule has 0 radical (unpaired) electrons. The monoisotopic (exact) mass is 1560 g/mol. The number of hydrogen-bond acceptors (Lipinski definition) is 8. The summed E-state index contributed by atoms with van der Waals surface area (Å²) in [5.41, 5.74) is 28.6. The Labute approximate surface area is 699 Å². The summed E-state index contributed by atoms with van der Waals surface area (Å²) in [6.45, 7) is 15.5. The van der Waals surface area contributed by atoms with Crippen molar-refractivity contribution in [3.05, 3.63) is 287 Å². The molecule has 118 heavy (non-hydrogen) atoms. The summed E-state index contributed by atoms with van der Waals surface area (Å²) in [6, 6.07) is 88.2. The van der Waals surface area contributed by atoms with Crippen molar-refractivity contribution in [2.75, 3.05) is 47.8 Å². The summed E-state index contributed by atoms with van der Waals surface area (Å²) in [6.07, 6.45) is 27.5. The average molecular weight is 1560 g/mol. The fourth-order valence-corrected chi connectivity index (χ4v) is 19.9. The van der Waals surface area contributed by atoms with Gasteiger partial charge in [-0.1, -0.05) is 294 Å². The van der Waals surface area contributed by atoms with Crippen LogP contribution in [-0.2, 0) is 11.8 Å². The zero-order valence-corrected chi connectivity index (χ0v) is 71.8. The van der Waals surface area contributed by atoms with Crippen LogP contribution in [0.25, 0.3) is 87.8 Å². The van der Waals surface area contributed by atoms with Gasteiger partial charge in [0.25, 0.3) is 0 Å². The number of para-hydroxylation sites is 8. The molecule has 4 heterocycles. The molecule has 20 rings (SSSR count). The lowest BCUT2D eigenvalue weighted by Gasteiger charge is -2.23. The Hall–Kier alpha value is -11.0. The number of benzene rings is 12. The molecule has 8 nitrogen and oxygen atoms in total. The highest BCUT2D eigenvalue weighted by Crippen LogP contribution is 2.49. The van der Waals surface area contributed by atoms with Gasteiger partial charge in [0.2, 0.25) is 0 Å². The largest absolute Gasteiger partial charge is 0.454 e. The SMILES string of the molecule is CC(C)c1ccc(N(C)c2cccc3c2oc2c(C4CCCCC4)cccc23)cc1.CCc1ccc(N(C)c2cccc3c2oc2c(C4CCCCC4)cccc23)cc1.CN(c1ccc(C(C)(C)C)cc1)c1cccc2c1oc1c(C3CCCCC3)cccc12.Cc1ccc(N(C)c2cccc3c2oc2c(C4CCCCC4)cccc23)cc1. The number of hydrogen-bond donors (Lipinski definition) is 0. The van der Waals surface area contributed by atoms with Gasteiger partial charge in [0.05, 0.1) is 22.7 Å². The first-order valence-electron chi connectivity index (χ1n) is 44.6. The number of aryl methyl sites for hydroxylation is 2. The van der Waals surface area contributed by atoms with Crippen LogP contribution in [0.15, 0.2) is 260 Å². The zero-order valence-electron chi connectivity index (χ0n) is 71.8. The van der Waals surface area contributed by atoms with Crippen LogP contribution in [0.4, 0.5) is 45.5 Å². The molecule has 4 aliphatic carbocycles. The van der Waals surface area contributed by atoms with Crippen molar-refractivity contribution in [3.63, 3.8) is 0 Å². The maximum Gasteiger partial charge on any atom is 0.159 e. The minimum Gasteiger partial charge on any atom is -0.454 e. The summed E-state index contributed by atoms with van der Waals surface area (Å²) in [5.74, 6) is 3.07. The molecule has 0 saturated heterocycles. The van der Waals surface area contributed by atoms with Crippen LogP contribution in [-0.4, -0.2) is 28.2 Å². The van der Waals surface area contributed by atoms with Gasteiger partial charge in [-0.05, 0) is 211 Å². The van der Waals surface area contributed by atoms with Crippen molar-refractivity contribution in [3.8, 4) is 0 Å². The topological polar surface area (TPSA) is 65.5 Å². The maximum absolute atomic E-state index is 6.65. The lowest BCUT2D eigenvalue weighted by molar-refractivity contribution is 0.442. The normalized spacial score (nSPS) is 15.4. The summed E-state index contributed by atoms with van der Waals surface area (Å²) in [5, 5.41) is 9.84. The zero-order chi connectivity index (χ0) is 81.1. The van der Waals surface area contributed by atoms with E-state index >= 15 is 0 Å². The smallest absolute Gasteiger partial charge is 0.159 e.